The molecule has 10 heteroatoms. The Morgan fingerprint density at radius 3 is 2.54 bits per heavy atom. The van der Waals surface area contributed by atoms with Crippen LogP contribution < -0.4 is 0 Å². The Morgan fingerprint density at radius 2 is 1.92 bits per heavy atom. The van der Waals surface area contributed by atoms with Crippen LogP contribution in [0.5, 0.6) is 0 Å². The highest BCUT2D eigenvalue weighted by Crippen LogP contribution is 2.29. The standard InChI is InChI=1S/C16H22F3N3O3S/c17-16(18,19)15-4-3-14(10-20-15)26(23,24)22-5-1-2-13(12-22)11-21-6-8-25-9-7-21/h3-4,10,13H,1-2,5-9,11-12H2/t13-/m1/s1. The quantitative estimate of drug-likeness (QED) is 0.781. The van der Waals surface area contributed by atoms with Gasteiger partial charge in [-0.3, -0.25) is 9.88 Å². The van der Waals surface area contributed by atoms with Gasteiger partial charge in [-0.25, -0.2) is 8.42 Å². The summed E-state index contributed by atoms with van der Waals surface area (Å²) in [5.74, 6) is 0.207. The van der Waals surface area contributed by atoms with E-state index >= 15 is 0 Å². The van der Waals surface area contributed by atoms with Crippen LogP contribution in [0, 0.1) is 5.92 Å². The van der Waals surface area contributed by atoms with Gasteiger partial charge in [0.15, 0.2) is 0 Å². The van der Waals surface area contributed by atoms with Crippen molar-refractivity contribution in [3.8, 4) is 0 Å². The third-order valence-electron chi connectivity index (χ3n) is 4.77. The van der Waals surface area contributed by atoms with E-state index in [1.165, 1.54) is 4.31 Å². The molecule has 0 spiro atoms. The third-order valence-corrected chi connectivity index (χ3v) is 6.62. The van der Waals surface area contributed by atoms with Gasteiger partial charge in [-0.2, -0.15) is 17.5 Å². The van der Waals surface area contributed by atoms with Gasteiger partial charge in [0, 0.05) is 38.9 Å². The molecular formula is C16H22F3N3O3S. The van der Waals surface area contributed by atoms with E-state index in [0.29, 0.717) is 32.4 Å². The minimum atomic E-state index is -4.59. The Labute approximate surface area is 151 Å². The Hall–Kier alpha value is -1.23. The van der Waals surface area contributed by atoms with Gasteiger partial charge in [-0.1, -0.05) is 0 Å². The summed E-state index contributed by atoms with van der Waals surface area (Å²) < 4.78 is 70.0. The molecule has 2 fully saturated rings. The molecule has 0 radical (unpaired) electrons. The molecule has 2 aliphatic rings. The molecule has 2 aliphatic heterocycles. The molecule has 0 unspecified atom stereocenters. The molecule has 1 atom stereocenters. The summed E-state index contributed by atoms with van der Waals surface area (Å²) in [6.07, 6.45) is -2.11. The van der Waals surface area contributed by atoms with Crippen LogP contribution >= 0.6 is 0 Å². The second-order valence-corrected chi connectivity index (χ2v) is 8.60. The lowest BCUT2D eigenvalue weighted by Gasteiger charge is -2.36. The number of sulfonamides is 1. The van der Waals surface area contributed by atoms with E-state index in [1.807, 2.05) is 0 Å². The number of ether oxygens (including phenoxy) is 1. The zero-order valence-electron chi connectivity index (χ0n) is 14.3. The average molecular weight is 393 g/mol. The first-order valence-electron chi connectivity index (χ1n) is 8.60. The lowest BCUT2D eigenvalue weighted by Crippen LogP contribution is -2.46. The van der Waals surface area contributed by atoms with Crippen LogP contribution in [0.4, 0.5) is 13.2 Å². The van der Waals surface area contributed by atoms with E-state index in [1.54, 1.807) is 0 Å². The summed E-state index contributed by atoms with van der Waals surface area (Å²) in [7, 11) is -3.84. The highest BCUT2D eigenvalue weighted by atomic mass is 32.2. The minimum absolute atomic E-state index is 0.197. The number of nitrogens with zero attached hydrogens (tertiary/aromatic N) is 3. The molecule has 0 N–H and O–H groups in total. The zero-order chi connectivity index (χ0) is 18.8. The Balaban J connectivity index is 1.68. The number of pyridine rings is 1. The van der Waals surface area contributed by atoms with Gasteiger partial charge in [0.25, 0.3) is 0 Å². The largest absolute Gasteiger partial charge is 0.433 e. The molecule has 1 aromatic rings. The molecule has 0 aromatic carbocycles. The van der Waals surface area contributed by atoms with Crippen LogP contribution in [-0.4, -0.2) is 68.5 Å². The Morgan fingerprint density at radius 1 is 1.19 bits per heavy atom. The minimum Gasteiger partial charge on any atom is -0.379 e. The highest BCUT2D eigenvalue weighted by molar-refractivity contribution is 7.89. The fourth-order valence-corrected chi connectivity index (χ4v) is 4.89. The predicted octanol–water partition coefficient (Wildman–Crippen LogP) is 1.83. The van der Waals surface area contributed by atoms with Gasteiger partial charge < -0.3 is 4.74 Å². The molecule has 26 heavy (non-hydrogen) atoms. The summed E-state index contributed by atoms with van der Waals surface area (Å²) in [5.41, 5.74) is -1.10. The van der Waals surface area contributed by atoms with Crippen molar-refractivity contribution in [2.24, 2.45) is 5.92 Å². The molecule has 146 valence electrons. The predicted molar refractivity (Wildman–Crippen MR) is 88.0 cm³/mol. The maximum Gasteiger partial charge on any atom is 0.433 e. The number of rotatable bonds is 4. The first kappa shape index (κ1) is 19.5. The van der Waals surface area contributed by atoms with Crippen molar-refractivity contribution < 1.29 is 26.3 Å². The second-order valence-electron chi connectivity index (χ2n) is 6.66. The first-order chi connectivity index (χ1) is 12.3. The third kappa shape index (κ3) is 4.54. The number of morpholine rings is 1. The van der Waals surface area contributed by atoms with Crippen molar-refractivity contribution in [2.75, 3.05) is 45.9 Å². The molecule has 0 bridgehead atoms. The van der Waals surface area contributed by atoms with E-state index < -0.39 is 21.9 Å². The Kier molecular flexibility index (Phi) is 5.85. The molecule has 1 aromatic heterocycles. The molecule has 0 saturated carbocycles. The monoisotopic (exact) mass is 393 g/mol. The van der Waals surface area contributed by atoms with Crippen LogP contribution in [0.2, 0.25) is 0 Å². The van der Waals surface area contributed by atoms with Crippen molar-refractivity contribution in [2.45, 2.75) is 23.9 Å². The summed E-state index contributed by atoms with van der Waals surface area (Å²) in [5, 5.41) is 0. The van der Waals surface area contributed by atoms with Crippen molar-refractivity contribution in [3.63, 3.8) is 0 Å². The van der Waals surface area contributed by atoms with Crippen LogP contribution in [0.3, 0.4) is 0 Å². The number of halogens is 3. The van der Waals surface area contributed by atoms with Gasteiger partial charge in [-0.15, -0.1) is 0 Å². The van der Waals surface area contributed by atoms with Crippen molar-refractivity contribution in [3.05, 3.63) is 24.0 Å². The number of piperidine rings is 1. The SMILES string of the molecule is O=S(=O)(c1ccc(C(F)(F)F)nc1)N1CCC[C@H](CN2CCOCC2)C1. The topological polar surface area (TPSA) is 62.7 Å². The molecule has 6 nitrogen and oxygen atoms in total. The van der Waals surface area contributed by atoms with E-state index in [4.69, 9.17) is 4.74 Å². The molecule has 3 rings (SSSR count). The first-order valence-corrected chi connectivity index (χ1v) is 10.0. The van der Waals surface area contributed by atoms with E-state index in [-0.39, 0.29) is 10.8 Å². The van der Waals surface area contributed by atoms with Crippen LogP contribution in [0.15, 0.2) is 23.2 Å². The fourth-order valence-electron chi connectivity index (χ4n) is 3.39. The molecule has 0 aliphatic carbocycles. The Bertz CT molecular complexity index is 704. The lowest BCUT2D eigenvalue weighted by molar-refractivity contribution is -0.141. The van der Waals surface area contributed by atoms with Crippen molar-refractivity contribution in [1.82, 2.24) is 14.2 Å². The van der Waals surface area contributed by atoms with Gasteiger partial charge in [0.1, 0.15) is 10.6 Å². The van der Waals surface area contributed by atoms with Crippen LogP contribution in [0.25, 0.3) is 0 Å². The van der Waals surface area contributed by atoms with Crippen molar-refractivity contribution in [1.29, 1.82) is 0 Å². The smallest absolute Gasteiger partial charge is 0.379 e. The van der Waals surface area contributed by atoms with E-state index in [0.717, 1.165) is 44.7 Å². The average Bonchev–Trinajstić information content (AvgIpc) is 2.62. The van der Waals surface area contributed by atoms with Crippen LogP contribution in [0.1, 0.15) is 18.5 Å². The van der Waals surface area contributed by atoms with Crippen molar-refractivity contribution >= 4 is 10.0 Å². The maximum atomic E-state index is 12.8. The second kappa shape index (κ2) is 7.79. The van der Waals surface area contributed by atoms with Gasteiger partial charge in [-0.05, 0) is 30.9 Å². The summed E-state index contributed by atoms with van der Waals surface area (Å²) >= 11 is 0. The normalized spacial score (nSPS) is 23.9. The van der Waals surface area contributed by atoms with Gasteiger partial charge in [0.2, 0.25) is 10.0 Å². The molecule has 3 heterocycles. The maximum absolute atomic E-state index is 12.8. The summed E-state index contributed by atoms with van der Waals surface area (Å²) in [6, 6.07) is 1.69. The summed E-state index contributed by atoms with van der Waals surface area (Å²) in [4.78, 5) is 5.34. The fraction of sp³-hybridized carbons (Fsp3) is 0.688. The molecule has 2 saturated heterocycles. The highest BCUT2D eigenvalue weighted by Gasteiger charge is 2.34. The van der Waals surface area contributed by atoms with Gasteiger partial charge >= 0.3 is 6.18 Å². The zero-order valence-corrected chi connectivity index (χ0v) is 15.1. The van der Waals surface area contributed by atoms with E-state index in [9.17, 15) is 21.6 Å². The lowest BCUT2D eigenvalue weighted by atomic mass is 9.99. The van der Waals surface area contributed by atoms with Gasteiger partial charge in [0.05, 0.1) is 13.2 Å². The van der Waals surface area contributed by atoms with E-state index in [2.05, 4.69) is 9.88 Å². The number of hydrogen-bond acceptors (Lipinski definition) is 5. The molecular weight excluding hydrogens is 371 g/mol. The summed E-state index contributed by atoms with van der Waals surface area (Å²) in [6.45, 7) is 4.61. The number of aromatic nitrogens is 1. The number of alkyl halides is 3. The molecule has 0 amide bonds. The van der Waals surface area contributed by atoms with Crippen LogP contribution in [-0.2, 0) is 20.9 Å². The number of hydrogen-bond donors (Lipinski definition) is 0.